The Morgan fingerprint density at radius 3 is 2.59 bits per heavy atom. The molecule has 0 aliphatic carbocycles. The first-order chi connectivity index (χ1) is 7.81. The van der Waals surface area contributed by atoms with Crippen LogP contribution in [-0.2, 0) is 9.47 Å². The second-order valence-electron chi connectivity index (χ2n) is 5.01. The number of hydrogen-bond donors (Lipinski definition) is 1. The molecule has 0 bridgehead atoms. The van der Waals surface area contributed by atoms with Crippen LogP contribution in [0.1, 0.15) is 27.7 Å². The molecule has 0 spiro atoms. The smallest absolute Gasteiger partial charge is 0.410 e. The number of carbonyl (C=O) groups excluding carboxylic acids is 1. The fourth-order valence-electron chi connectivity index (χ4n) is 1.43. The fraction of sp³-hybridized carbons (Fsp3) is 0.750. The molecule has 1 fully saturated rings. The standard InChI is InChI=1S/C12H21NO4/c1-5-16-10(14)6-9-7-13(8-9)11(15)17-12(2,3)4/h6,10,14H,5,7-8H2,1-4H3. The molecule has 1 saturated heterocycles. The van der Waals surface area contributed by atoms with E-state index in [1.54, 1.807) is 11.0 Å². The van der Waals surface area contributed by atoms with Crippen molar-refractivity contribution in [3.63, 3.8) is 0 Å². The van der Waals surface area contributed by atoms with Gasteiger partial charge in [-0.3, -0.25) is 0 Å². The summed E-state index contributed by atoms with van der Waals surface area (Å²) < 4.78 is 10.2. The number of rotatable bonds is 3. The molecule has 1 amide bonds. The number of likely N-dealkylation sites (tertiary alicyclic amines) is 1. The second-order valence-corrected chi connectivity index (χ2v) is 5.01. The molecular weight excluding hydrogens is 222 g/mol. The molecule has 1 heterocycles. The van der Waals surface area contributed by atoms with E-state index >= 15 is 0 Å². The van der Waals surface area contributed by atoms with E-state index in [1.807, 2.05) is 27.7 Å². The summed E-state index contributed by atoms with van der Waals surface area (Å²) in [5.74, 6) is 0. The molecule has 0 aromatic heterocycles. The van der Waals surface area contributed by atoms with E-state index in [2.05, 4.69) is 0 Å². The zero-order valence-corrected chi connectivity index (χ0v) is 10.9. The summed E-state index contributed by atoms with van der Waals surface area (Å²) in [5.41, 5.74) is 0.512. The van der Waals surface area contributed by atoms with E-state index in [0.717, 1.165) is 5.57 Å². The summed E-state index contributed by atoms with van der Waals surface area (Å²) in [4.78, 5) is 13.2. The van der Waals surface area contributed by atoms with Gasteiger partial charge in [0.1, 0.15) is 5.60 Å². The predicted molar refractivity (Wildman–Crippen MR) is 63.5 cm³/mol. The summed E-state index contributed by atoms with van der Waals surface area (Å²) in [5, 5.41) is 9.36. The highest BCUT2D eigenvalue weighted by molar-refractivity contribution is 5.70. The van der Waals surface area contributed by atoms with Gasteiger partial charge in [-0.2, -0.15) is 0 Å². The van der Waals surface area contributed by atoms with E-state index in [1.165, 1.54) is 0 Å². The van der Waals surface area contributed by atoms with Crippen LogP contribution >= 0.6 is 0 Å². The molecule has 1 rings (SSSR count). The average molecular weight is 243 g/mol. The Hall–Kier alpha value is -1.07. The summed E-state index contributed by atoms with van der Waals surface area (Å²) in [6, 6.07) is 0. The van der Waals surface area contributed by atoms with E-state index < -0.39 is 11.9 Å². The third kappa shape index (κ3) is 4.75. The molecule has 17 heavy (non-hydrogen) atoms. The highest BCUT2D eigenvalue weighted by Gasteiger charge is 2.29. The number of hydrogen-bond acceptors (Lipinski definition) is 4. The maximum absolute atomic E-state index is 11.6. The largest absolute Gasteiger partial charge is 0.444 e. The van der Waals surface area contributed by atoms with Crippen LogP contribution in [0, 0.1) is 0 Å². The first-order valence-electron chi connectivity index (χ1n) is 5.79. The lowest BCUT2D eigenvalue weighted by Gasteiger charge is -2.35. The van der Waals surface area contributed by atoms with Gasteiger partial charge in [-0.1, -0.05) is 0 Å². The van der Waals surface area contributed by atoms with Crippen molar-refractivity contribution in [3.8, 4) is 0 Å². The first-order valence-corrected chi connectivity index (χ1v) is 5.79. The molecular formula is C12H21NO4. The van der Waals surface area contributed by atoms with Crippen molar-refractivity contribution in [2.24, 2.45) is 0 Å². The van der Waals surface area contributed by atoms with Crippen LogP contribution < -0.4 is 0 Å². The van der Waals surface area contributed by atoms with Crippen molar-refractivity contribution in [1.82, 2.24) is 4.90 Å². The normalized spacial score (nSPS) is 17.5. The van der Waals surface area contributed by atoms with Crippen molar-refractivity contribution >= 4 is 6.09 Å². The van der Waals surface area contributed by atoms with Gasteiger partial charge in [0.25, 0.3) is 0 Å². The quantitative estimate of drug-likeness (QED) is 0.603. The number of nitrogens with zero attached hydrogens (tertiary/aromatic N) is 1. The van der Waals surface area contributed by atoms with Crippen LogP contribution in [0.15, 0.2) is 11.6 Å². The molecule has 1 atom stereocenters. The first kappa shape index (κ1) is 14.0. The highest BCUT2D eigenvalue weighted by Crippen LogP contribution is 2.19. The summed E-state index contributed by atoms with van der Waals surface area (Å²) >= 11 is 0. The molecule has 0 saturated carbocycles. The lowest BCUT2D eigenvalue weighted by molar-refractivity contribution is -0.0602. The molecule has 1 N–H and O–H groups in total. The number of amides is 1. The number of ether oxygens (including phenoxy) is 2. The van der Waals surface area contributed by atoms with E-state index in [0.29, 0.717) is 19.7 Å². The molecule has 1 unspecified atom stereocenters. The molecule has 1 aliphatic heterocycles. The van der Waals surface area contributed by atoms with Gasteiger partial charge < -0.3 is 19.5 Å². The maximum atomic E-state index is 11.6. The molecule has 5 heteroatoms. The average Bonchev–Trinajstić information content (AvgIpc) is 2.07. The van der Waals surface area contributed by atoms with Crippen molar-refractivity contribution in [2.45, 2.75) is 39.6 Å². The summed E-state index contributed by atoms with van der Waals surface area (Å²) in [7, 11) is 0. The van der Waals surface area contributed by atoms with E-state index in [9.17, 15) is 9.90 Å². The second kappa shape index (κ2) is 5.51. The summed E-state index contributed by atoms with van der Waals surface area (Å²) in [6.45, 7) is 8.77. The number of carbonyl (C=O) groups is 1. The SMILES string of the molecule is CCOC(O)C=C1CN(C(=O)OC(C)(C)C)C1. The lowest BCUT2D eigenvalue weighted by atomic mass is 10.1. The van der Waals surface area contributed by atoms with Crippen LogP contribution in [0.5, 0.6) is 0 Å². The summed E-state index contributed by atoms with van der Waals surface area (Å²) in [6.07, 6.45) is 0.431. The zero-order valence-electron chi connectivity index (χ0n) is 10.9. The van der Waals surface area contributed by atoms with Gasteiger partial charge in [-0.15, -0.1) is 0 Å². The van der Waals surface area contributed by atoms with Crippen molar-refractivity contribution < 1.29 is 19.4 Å². The van der Waals surface area contributed by atoms with Gasteiger partial charge in [0.2, 0.25) is 0 Å². The van der Waals surface area contributed by atoms with Crippen LogP contribution in [0.3, 0.4) is 0 Å². The third-order valence-corrected chi connectivity index (χ3v) is 2.16. The van der Waals surface area contributed by atoms with E-state index in [4.69, 9.17) is 9.47 Å². The van der Waals surface area contributed by atoms with Crippen LogP contribution in [0.2, 0.25) is 0 Å². The van der Waals surface area contributed by atoms with Gasteiger partial charge in [0, 0.05) is 19.7 Å². The minimum Gasteiger partial charge on any atom is -0.444 e. The molecule has 0 radical (unpaired) electrons. The highest BCUT2D eigenvalue weighted by atomic mass is 16.6. The van der Waals surface area contributed by atoms with Crippen LogP contribution in [-0.4, -0.2) is 47.7 Å². The van der Waals surface area contributed by atoms with Crippen molar-refractivity contribution in [2.75, 3.05) is 19.7 Å². The lowest BCUT2D eigenvalue weighted by Crippen LogP contribution is -2.47. The predicted octanol–water partition coefficient (Wildman–Crippen LogP) is 1.52. The minimum absolute atomic E-state index is 0.319. The molecule has 5 nitrogen and oxygen atoms in total. The molecule has 1 aliphatic rings. The third-order valence-electron chi connectivity index (χ3n) is 2.16. The zero-order chi connectivity index (χ0) is 13.1. The Balaban J connectivity index is 2.34. The fourth-order valence-corrected chi connectivity index (χ4v) is 1.43. The van der Waals surface area contributed by atoms with Crippen LogP contribution in [0.25, 0.3) is 0 Å². The number of aliphatic hydroxyl groups is 1. The minimum atomic E-state index is -0.879. The van der Waals surface area contributed by atoms with Gasteiger partial charge in [-0.05, 0) is 39.3 Å². The van der Waals surface area contributed by atoms with Gasteiger partial charge in [0.05, 0.1) is 0 Å². The molecule has 98 valence electrons. The number of aliphatic hydroxyl groups excluding tert-OH is 1. The van der Waals surface area contributed by atoms with Crippen molar-refractivity contribution in [3.05, 3.63) is 11.6 Å². The van der Waals surface area contributed by atoms with Crippen LogP contribution in [0.4, 0.5) is 4.79 Å². The Bertz CT molecular complexity index is 298. The van der Waals surface area contributed by atoms with Crippen molar-refractivity contribution in [1.29, 1.82) is 0 Å². The maximum Gasteiger partial charge on any atom is 0.410 e. The van der Waals surface area contributed by atoms with Gasteiger partial charge in [-0.25, -0.2) is 4.79 Å². The van der Waals surface area contributed by atoms with E-state index in [-0.39, 0.29) is 6.09 Å². The Morgan fingerprint density at radius 2 is 2.12 bits per heavy atom. The topological polar surface area (TPSA) is 59.0 Å². The Kier molecular flexibility index (Phi) is 4.54. The monoisotopic (exact) mass is 243 g/mol. The molecule has 0 aromatic carbocycles. The Labute approximate surface area is 102 Å². The Morgan fingerprint density at radius 1 is 1.53 bits per heavy atom. The van der Waals surface area contributed by atoms with Gasteiger partial charge in [0.15, 0.2) is 6.29 Å². The molecule has 0 aromatic rings. The van der Waals surface area contributed by atoms with Gasteiger partial charge >= 0.3 is 6.09 Å².